The Bertz CT molecular complexity index is 783. The first-order valence-electron chi connectivity index (χ1n) is 9.17. The molecule has 0 bridgehead atoms. The Kier molecular flexibility index (Phi) is 10.5. The van der Waals surface area contributed by atoms with Crippen molar-refractivity contribution in [2.24, 2.45) is 4.99 Å². The lowest BCUT2D eigenvalue weighted by Crippen LogP contribution is -2.43. The van der Waals surface area contributed by atoms with Gasteiger partial charge in [0.25, 0.3) is 0 Å². The zero-order valence-electron chi connectivity index (χ0n) is 17.6. The summed E-state index contributed by atoms with van der Waals surface area (Å²) in [5.74, 6) is 2.14. The van der Waals surface area contributed by atoms with Crippen LogP contribution in [0, 0.1) is 13.8 Å². The van der Waals surface area contributed by atoms with Crippen molar-refractivity contribution in [3.8, 4) is 5.75 Å². The van der Waals surface area contributed by atoms with Gasteiger partial charge in [0.2, 0.25) is 5.91 Å². The van der Waals surface area contributed by atoms with E-state index in [-0.39, 0.29) is 36.4 Å². The van der Waals surface area contributed by atoms with Crippen molar-refractivity contribution in [3.63, 3.8) is 0 Å². The minimum absolute atomic E-state index is 0. The third kappa shape index (κ3) is 7.92. The van der Waals surface area contributed by atoms with Crippen molar-refractivity contribution in [2.75, 3.05) is 34.3 Å². The summed E-state index contributed by atoms with van der Waals surface area (Å²) < 4.78 is 10.4. The quantitative estimate of drug-likeness (QED) is 0.319. The van der Waals surface area contributed by atoms with Crippen LogP contribution in [0.3, 0.4) is 0 Å². The fraction of sp³-hybridized carbons (Fsp3) is 0.450. The van der Waals surface area contributed by atoms with Gasteiger partial charge < -0.3 is 24.8 Å². The van der Waals surface area contributed by atoms with Crippen LogP contribution in [0.1, 0.15) is 22.6 Å². The van der Waals surface area contributed by atoms with Gasteiger partial charge in [-0.05, 0) is 38.0 Å². The minimum Gasteiger partial charge on any atom is -0.497 e. The number of hydrogen-bond donors (Lipinski definition) is 2. The first-order chi connectivity index (χ1) is 13.4. The Hall–Kier alpha value is -2.30. The second kappa shape index (κ2) is 12.3. The molecule has 0 fully saturated rings. The number of carbonyl (C=O) groups is 1. The molecule has 0 atom stereocenters. The number of amides is 1. The summed E-state index contributed by atoms with van der Waals surface area (Å²) in [4.78, 5) is 18.0. The molecule has 1 amide bonds. The van der Waals surface area contributed by atoms with Gasteiger partial charge >= 0.3 is 0 Å². The molecule has 0 saturated carbocycles. The molecule has 0 aliphatic carbocycles. The molecule has 0 radical (unpaired) electrons. The van der Waals surface area contributed by atoms with Crippen LogP contribution in [0.25, 0.3) is 0 Å². The maximum atomic E-state index is 11.9. The summed E-state index contributed by atoms with van der Waals surface area (Å²) in [6.45, 7) is 5.03. The Labute approximate surface area is 189 Å². The number of nitrogens with zero attached hydrogens (tertiary/aromatic N) is 3. The Morgan fingerprint density at radius 1 is 1.21 bits per heavy atom. The SMILES string of the molecule is COc1ccc(CCNC(=NCc2c(C)noc2C)NCC(=O)N(C)C)cc1.I. The molecule has 0 saturated heterocycles. The number of halogens is 1. The van der Waals surface area contributed by atoms with Crippen molar-refractivity contribution in [3.05, 3.63) is 46.8 Å². The van der Waals surface area contributed by atoms with E-state index in [4.69, 9.17) is 9.26 Å². The normalized spacial score (nSPS) is 10.9. The Morgan fingerprint density at radius 2 is 1.90 bits per heavy atom. The molecular weight excluding hydrogens is 485 g/mol. The molecule has 29 heavy (non-hydrogen) atoms. The largest absolute Gasteiger partial charge is 0.497 e. The second-order valence-electron chi connectivity index (χ2n) is 6.63. The van der Waals surface area contributed by atoms with Crippen LogP contribution in [-0.4, -0.2) is 56.2 Å². The second-order valence-corrected chi connectivity index (χ2v) is 6.63. The average Bonchev–Trinajstić information content (AvgIpc) is 3.01. The summed E-state index contributed by atoms with van der Waals surface area (Å²) in [5, 5.41) is 10.3. The smallest absolute Gasteiger partial charge is 0.241 e. The number of ether oxygens (including phenoxy) is 1. The predicted molar refractivity (Wildman–Crippen MR) is 124 cm³/mol. The van der Waals surface area contributed by atoms with Crippen LogP contribution < -0.4 is 15.4 Å². The molecule has 9 heteroatoms. The van der Waals surface area contributed by atoms with Crippen molar-refractivity contribution >= 4 is 35.8 Å². The van der Waals surface area contributed by atoms with E-state index in [0.717, 1.165) is 29.2 Å². The van der Waals surface area contributed by atoms with Crippen molar-refractivity contribution < 1.29 is 14.1 Å². The third-order valence-corrected chi connectivity index (χ3v) is 4.35. The Morgan fingerprint density at radius 3 is 2.45 bits per heavy atom. The molecule has 2 N–H and O–H groups in total. The lowest BCUT2D eigenvalue weighted by Gasteiger charge is -2.15. The lowest BCUT2D eigenvalue weighted by molar-refractivity contribution is -0.127. The van der Waals surface area contributed by atoms with Crippen LogP contribution in [0.15, 0.2) is 33.8 Å². The molecule has 1 aromatic heterocycles. The fourth-order valence-electron chi connectivity index (χ4n) is 2.49. The molecular formula is C20H30IN5O3. The summed E-state index contributed by atoms with van der Waals surface area (Å²) >= 11 is 0. The number of guanidine groups is 1. The van der Waals surface area contributed by atoms with E-state index in [1.807, 2.05) is 38.1 Å². The van der Waals surface area contributed by atoms with Crippen molar-refractivity contribution in [2.45, 2.75) is 26.8 Å². The van der Waals surface area contributed by atoms with Gasteiger partial charge in [0, 0.05) is 26.2 Å². The van der Waals surface area contributed by atoms with E-state index in [1.165, 1.54) is 10.5 Å². The van der Waals surface area contributed by atoms with Crippen LogP contribution >= 0.6 is 24.0 Å². The summed E-state index contributed by atoms with van der Waals surface area (Å²) in [7, 11) is 5.10. The first-order valence-corrected chi connectivity index (χ1v) is 9.17. The molecule has 0 aliphatic heterocycles. The first kappa shape index (κ1) is 24.7. The van der Waals surface area contributed by atoms with E-state index in [9.17, 15) is 4.79 Å². The molecule has 8 nitrogen and oxygen atoms in total. The standard InChI is InChI=1S/C20H29N5O3.HI/c1-14-18(15(2)28-24-14)12-22-20(23-13-19(26)25(3)4)21-11-10-16-6-8-17(27-5)9-7-16;/h6-9H,10-13H2,1-5H3,(H2,21,22,23);1H. The van der Waals surface area contributed by atoms with Gasteiger partial charge in [-0.2, -0.15) is 0 Å². The number of nitrogens with one attached hydrogen (secondary N) is 2. The van der Waals surface area contributed by atoms with Crippen molar-refractivity contribution in [1.82, 2.24) is 20.7 Å². The van der Waals surface area contributed by atoms with Gasteiger partial charge in [0.15, 0.2) is 5.96 Å². The molecule has 2 rings (SSSR count). The molecule has 160 valence electrons. The maximum Gasteiger partial charge on any atom is 0.241 e. The zero-order valence-corrected chi connectivity index (χ0v) is 19.9. The number of aliphatic imine (C=N–C) groups is 1. The maximum absolute atomic E-state index is 11.9. The average molecular weight is 515 g/mol. The van der Waals surface area contributed by atoms with Crippen LogP contribution in [0.4, 0.5) is 0 Å². The van der Waals surface area contributed by atoms with E-state index in [1.54, 1.807) is 21.2 Å². The highest BCUT2D eigenvalue weighted by atomic mass is 127. The Balaban J connectivity index is 0.00000420. The number of aromatic nitrogens is 1. The predicted octanol–water partition coefficient (Wildman–Crippen LogP) is 2.28. The van der Waals surface area contributed by atoms with Crippen LogP contribution in [-0.2, 0) is 17.8 Å². The summed E-state index contributed by atoms with van der Waals surface area (Å²) in [6, 6.07) is 7.94. The topological polar surface area (TPSA) is 92.0 Å². The molecule has 2 aromatic rings. The molecule has 0 aliphatic rings. The summed E-state index contributed by atoms with van der Waals surface area (Å²) in [6.07, 6.45) is 0.817. The van der Waals surface area contributed by atoms with E-state index >= 15 is 0 Å². The molecule has 0 spiro atoms. The van der Waals surface area contributed by atoms with Gasteiger partial charge in [-0.1, -0.05) is 17.3 Å². The fourth-order valence-corrected chi connectivity index (χ4v) is 2.49. The van der Waals surface area contributed by atoms with Crippen molar-refractivity contribution in [1.29, 1.82) is 0 Å². The zero-order chi connectivity index (χ0) is 20.5. The number of likely N-dealkylation sites (N-methyl/N-ethyl adjacent to an activating group) is 1. The minimum atomic E-state index is -0.0259. The highest BCUT2D eigenvalue weighted by Crippen LogP contribution is 2.13. The highest BCUT2D eigenvalue weighted by Gasteiger charge is 2.10. The van der Waals surface area contributed by atoms with Crippen LogP contribution in [0.2, 0.25) is 0 Å². The van der Waals surface area contributed by atoms with E-state index in [0.29, 0.717) is 19.0 Å². The molecule has 0 unspecified atom stereocenters. The number of aryl methyl sites for hydroxylation is 2. The number of carbonyl (C=O) groups excluding carboxylic acids is 1. The van der Waals surface area contributed by atoms with Gasteiger partial charge in [0.05, 0.1) is 25.9 Å². The number of benzene rings is 1. The van der Waals surface area contributed by atoms with Gasteiger partial charge in [-0.25, -0.2) is 4.99 Å². The van der Waals surface area contributed by atoms with Gasteiger partial charge in [-0.3, -0.25) is 4.79 Å². The highest BCUT2D eigenvalue weighted by molar-refractivity contribution is 14.0. The molecule has 1 heterocycles. The lowest BCUT2D eigenvalue weighted by atomic mass is 10.1. The third-order valence-electron chi connectivity index (χ3n) is 4.35. The monoisotopic (exact) mass is 515 g/mol. The number of methoxy groups -OCH3 is 1. The van der Waals surface area contributed by atoms with Crippen LogP contribution in [0.5, 0.6) is 5.75 Å². The number of hydrogen-bond acceptors (Lipinski definition) is 5. The van der Waals surface area contributed by atoms with E-state index < -0.39 is 0 Å². The molecule has 1 aromatic carbocycles. The van der Waals surface area contributed by atoms with E-state index in [2.05, 4.69) is 20.8 Å². The number of rotatable bonds is 8. The van der Waals surface area contributed by atoms with Gasteiger partial charge in [-0.15, -0.1) is 24.0 Å². The summed E-state index contributed by atoms with van der Waals surface area (Å²) in [5.41, 5.74) is 2.96. The van der Waals surface area contributed by atoms with Gasteiger partial charge in [0.1, 0.15) is 11.5 Å².